The average Bonchev–Trinajstić information content (AvgIpc) is 2.80. The van der Waals surface area contributed by atoms with Gasteiger partial charge in [0.05, 0.1) is 22.9 Å². The number of benzene rings is 2. The summed E-state index contributed by atoms with van der Waals surface area (Å²) in [6.45, 7) is 3.41. The van der Waals surface area contributed by atoms with E-state index in [1.54, 1.807) is 38.1 Å². The second-order valence-electron chi connectivity index (χ2n) is 6.63. The van der Waals surface area contributed by atoms with Gasteiger partial charge in [-0.25, -0.2) is 8.42 Å². The third-order valence-corrected chi connectivity index (χ3v) is 5.45. The number of sulfone groups is 1. The molecule has 1 heterocycles. The third-order valence-electron chi connectivity index (χ3n) is 4.53. The van der Waals surface area contributed by atoms with Crippen LogP contribution >= 0.6 is 0 Å². The van der Waals surface area contributed by atoms with Gasteiger partial charge in [-0.2, -0.15) is 0 Å². The highest BCUT2D eigenvalue weighted by Crippen LogP contribution is 2.35. The number of imide groups is 1. The van der Waals surface area contributed by atoms with Gasteiger partial charge in [0.15, 0.2) is 0 Å². The lowest BCUT2D eigenvalue weighted by molar-refractivity contribution is 0.0597. The standard InChI is InChI=1S/C19H19NO5S/c1-11-5-4-6-14-17(11)19(23)20(18(14)22)15(10-26(3,24)25)13-7-8-16(21)12(2)9-13/h4-9,15,21H,10H2,1-3H3/t15-/m0/s1. The fourth-order valence-corrected chi connectivity index (χ4v) is 4.16. The van der Waals surface area contributed by atoms with Gasteiger partial charge >= 0.3 is 0 Å². The molecule has 1 aliphatic heterocycles. The first-order chi connectivity index (χ1) is 12.1. The van der Waals surface area contributed by atoms with Crippen LogP contribution in [0.1, 0.15) is 43.4 Å². The Morgan fingerprint density at radius 2 is 1.73 bits per heavy atom. The minimum absolute atomic E-state index is 0.0602. The van der Waals surface area contributed by atoms with Crippen molar-refractivity contribution in [1.29, 1.82) is 0 Å². The maximum atomic E-state index is 12.9. The number of aromatic hydroxyl groups is 1. The van der Waals surface area contributed by atoms with Crippen LogP contribution in [0.3, 0.4) is 0 Å². The van der Waals surface area contributed by atoms with Crippen LogP contribution in [0.5, 0.6) is 5.75 Å². The molecule has 7 heteroatoms. The minimum atomic E-state index is -3.48. The summed E-state index contributed by atoms with van der Waals surface area (Å²) in [7, 11) is -3.48. The van der Waals surface area contributed by atoms with Gasteiger partial charge in [0.25, 0.3) is 11.8 Å². The van der Waals surface area contributed by atoms with E-state index in [-0.39, 0.29) is 17.1 Å². The molecule has 1 aliphatic rings. The van der Waals surface area contributed by atoms with Gasteiger partial charge in [-0.15, -0.1) is 0 Å². The second-order valence-corrected chi connectivity index (χ2v) is 8.82. The Morgan fingerprint density at radius 1 is 1.04 bits per heavy atom. The predicted molar refractivity (Wildman–Crippen MR) is 97.0 cm³/mol. The summed E-state index contributed by atoms with van der Waals surface area (Å²) in [5.41, 5.74) is 2.28. The van der Waals surface area contributed by atoms with Gasteiger partial charge in [-0.3, -0.25) is 14.5 Å². The van der Waals surface area contributed by atoms with E-state index in [2.05, 4.69) is 0 Å². The third kappa shape index (κ3) is 3.10. The Balaban J connectivity index is 2.14. The molecule has 0 saturated heterocycles. The highest BCUT2D eigenvalue weighted by Gasteiger charge is 2.42. The summed E-state index contributed by atoms with van der Waals surface area (Å²) < 4.78 is 24.0. The first-order valence-corrected chi connectivity index (χ1v) is 10.1. The highest BCUT2D eigenvalue weighted by molar-refractivity contribution is 7.90. The minimum Gasteiger partial charge on any atom is -0.508 e. The summed E-state index contributed by atoms with van der Waals surface area (Å²) in [5.74, 6) is -1.33. The van der Waals surface area contributed by atoms with Crippen LogP contribution in [0, 0.1) is 13.8 Å². The number of rotatable bonds is 4. The zero-order chi connectivity index (χ0) is 19.2. The van der Waals surface area contributed by atoms with E-state index in [4.69, 9.17) is 0 Å². The Bertz CT molecular complexity index is 1030. The molecule has 0 bridgehead atoms. The van der Waals surface area contributed by atoms with Crippen molar-refractivity contribution < 1.29 is 23.1 Å². The van der Waals surface area contributed by atoms with Gasteiger partial charge in [0.2, 0.25) is 0 Å². The maximum absolute atomic E-state index is 12.9. The van der Waals surface area contributed by atoms with Crippen molar-refractivity contribution in [3.63, 3.8) is 0 Å². The Kier molecular flexibility index (Phi) is 4.36. The number of carbonyl (C=O) groups is 2. The van der Waals surface area contributed by atoms with E-state index in [1.165, 1.54) is 12.1 Å². The molecule has 0 radical (unpaired) electrons. The van der Waals surface area contributed by atoms with Gasteiger partial charge < -0.3 is 5.11 Å². The summed E-state index contributed by atoms with van der Waals surface area (Å²) in [6, 6.07) is 8.61. The van der Waals surface area contributed by atoms with Crippen LogP contribution in [0.4, 0.5) is 0 Å². The molecule has 136 valence electrons. The zero-order valence-electron chi connectivity index (χ0n) is 14.7. The number of aryl methyl sites for hydroxylation is 2. The van der Waals surface area contributed by atoms with Gasteiger partial charge in [0, 0.05) is 6.26 Å². The number of hydrogen-bond donors (Lipinski definition) is 1. The monoisotopic (exact) mass is 373 g/mol. The van der Waals surface area contributed by atoms with Gasteiger partial charge in [-0.05, 0) is 42.7 Å². The molecule has 0 spiro atoms. The van der Waals surface area contributed by atoms with Crippen molar-refractivity contribution in [3.05, 3.63) is 64.2 Å². The molecule has 0 unspecified atom stereocenters. The molecule has 0 aliphatic carbocycles. The fraction of sp³-hybridized carbons (Fsp3) is 0.263. The number of amides is 2. The van der Waals surface area contributed by atoms with E-state index in [0.717, 1.165) is 11.2 Å². The predicted octanol–water partition coefficient (Wildman–Crippen LogP) is 2.39. The summed E-state index contributed by atoms with van der Waals surface area (Å²) in [5, 5.41) is 9.74. The molecule has 1 N–H and O–H groups in total. The number of fused-ring (bicyclic) bond motifs is 1. The van der Waals surface area contributed by atoms with Crippen molar-refractivity contribution in [2.24, 2.45) is 0 Å². The topological polar surface area (TPSA) is 91.8 Å². The van der Waals surface area contributed by atoms with E-state index in [9.17, 15) is 23.1 Å². The Labute approximate surface area is 152 Å². The van der Waals surface area contributed by atoms with E-state index < -0.39 is 27.7 Å². The van der Waals surface area contributed by atoms with Crippen molar-refractivity contribution in [3.8, 4) is 5.75 Å². The fourth-order valence-electron chi connectivity index (χ4n) is 3.25. The van der Waals surface area contributed by atoms with Crippen molar-refractivity contribution in [1.82, 2.24) is 4.90 Å². The second kappa shape index (κ2) is 6.25. The molecule has 0 saturated carbocycles. The lowest BCUT2D eigenvalue weighted by atomic mass is 10.0. The van der Waals surface area contributed by atoms with Crippen LogP contribution < -0.4 is 0 Å². The van der Waals surface area contributed by atoms with E-state index in [0.29, 0.717) is 22.3 Å². The number of phenols is 1. The quantitative estimate of drug-likeness (QED) is 0.831. The molecule has 2 amide bonds. The zero-order valence-corrected chi connectivity index (χ0v) is 15.5. The maximum Gasteiger partial charge on any atom is 0.262 e. The number of nitrogens with zero attached hydrogens (tertiary/aromatic N) is 1. The van der Waals surface area contributed by atoms with Crippen LogP contribution in [0.25, 0.3) is 0 Å². The summed E-state index contributed by atoms with van der Waals surface area (Å²) in [4.78, 5) is 26.8. The van der Waals surface area contributed by atoms with Crippen LogP contribution in [0.15, 0.2) is 36.4 Å². The molecule has 1 atom stereocenters. The lowest BCUT2D eigenvalue weighted by Crippen LogP contribution is -2.37. The lowest BCUT2D eigenvalue weighted by Gasteiger charge is -2.26. The van der Waals surface area contributed by atoms with Crippen molar-refractivity contribution in [2.75, 3.05) is 12.0 Å². The van der Waals surface area contributed by atoms with Gasteiger partial charge in [0.1, 0.15) is 15.6 Å². The van der Waals surface area contributed by atoms with E-state index in [1.807, 2.05) is 0 Å². The molecule has 3 rings (SSSR count). The van der Waals surface area contributed by atoms with Crippen LogP contribution in [0.2, 0.25) is 0 Å². The molecule has 2 aromatic rings. The van der Waals surface area contributed by atoms with E-state index >= 15 is 0 Å². The average molecular weight is 373 g/mol. The van der Waals surface area contributed by atoms with Crippen molar-refractivity contribution in [2.45, 2.75) is 19.9 Å². The van der Waals surface area contributed by atoms with Gasteiger partial charge in [-0.1, -0.05) is 24.3 Å². The first kappa shape index (κ1) is 18.1. The smallest absolute Gasteiger partial charge is 0.262 e. The molecular formula is C19H19NO5S. The SMILES string of the molecule is Cc1cc([C@H](CS(C)(=O)=O)N2C(=O)c3cccc(C)c3C2=O)ccc1O. The molecule has 6 nitrogen and oxygen atoms in total. The highest BCUT2D eigenvalue weighted by atomic mass is 32.2. The molecule has 2 aromatic carbocycles. The Morgan fingerprint density at radius 3 is 2.31 bits per heavy atom. The number of hydrogen-bond acceptors (Lipinski definition) is 5. The van der Waals surface area contributed by atoms with Crippen LogP contribution in [-0.4, -0.2) is 42.2 Å². The number of phenolic OH excluding ortho intramolecular Hbond substituents is 1. The molecule has 26 heavy (non-hydrogen) atoms. The summed E-state index contributed by atoms with van der Waals surface area (Å²) >= 11 is 0. The Hall–Kier alpha value is -2.67. The molecular weight excluding hydrogens is 354 g/mol. The first-order valence-electron chi connectivity index (χ1n) is 8.05. The normalized spacial score (nSPS) is 15.3. The molecule has 0 fully saturated rings. The largest absolute Gasteiger partial charge is 0.508 e. The van der Waals surface area contributed by atoms with Crippen molar-refractivity contribution >= 4 is 21.7 Å². The summed E-state index contributed by atoms with van der Waals surface area (Å²) in [6.07, 6.45) is 1.07. The number of carbonyl (C=O) groups excluding carboxylic acids is 2. The molecule has 0 aromatic heterocycles. The van der Waals surface area contributed by atoms with Crippen LogP contribution in [-0.2, 0) is 9.84 Å².